The molecule has 0 amide bonds. The highest BCUT2D eigenvalue weighted by atomic mass is 35.5. The van der Waals surface area contributed by atoms with Crippen LogP contribution in [0.15, 0.2) is 41.2 Å². The third-order valence-electron chi connectivity index (χ3n) is 6.49. The van der Waals surface area contributed by atoms with Crippen LogP contribution >= 0.6 is 11.6 Å². The minimum atomic E-state index is 0.143. The molecule has 0 radical (unpaired) electrons. The van der Waals surface area contributed by atoms with Crippen LogP contribution in [-0.4, -0.2) is 41.8 Å². The fourth-order valence-corrected chi connectivity index (χ4v) is 5.31. The predicted octanol–water partition coefficient (Wildman–Crippen LogP) is 3.77. The van der Waals surface area contributed by atoms with Gasteiger partial charge < -0.3 is 9.30 Å². The molecule has 3 aliphatic rings. The van der Waals surface area contributed by atoms with Gasteiger partial charge in [-0.05, 0) is 55.0 Å². The zero-order chi connectivity index (χ0) is 18.4. The Kier molecular flexibility index (Phi) is 4.58. The fraction of sp³-hybridized carbons (Fsp3) is 0.500. The molecular weight excluding hydrogens is 360 g/mol. The molecule has 2 saturated heterocycles. The van der Waals surface area contributed by atoms with Gasteiger partial charge in [-0.2, -0.15) is 0 Å². The van der Waals surface area contributed by atoms with Gasteiger partial charge in [0.2, 0.25) is 0 Å². The van der Waals surface area contributed by atoms with E-state index in [1.165, 1.54) is 12.1 Å². The van der Waals surface area contributed by atoms with E-state index < -0.39 is 0 Å². The molecule has 0 saturated carbocycles. The SMILES string of the molecule is O=c1c(-c2ccc(Cl)cc2)ccc2n1C[C@H]1C[C@@H]2CN(C2CCOCC2)C1. The van der Waals surface area contributed by atoms with Crippen molar-refractivity contribution in [2.75, 3.05) is 26.3 Å². The summed E-state index contributed by atoms with van der Waals surface area (Å²) in [5.74, 6) is 1.03. The molecule has 142 valence electrons. The number of rotatable bonds is 2. The van der Waals surface area contributed by atoms with E-state index in [9.17, 15) is 4.79 Å². The number of benzene rings is 1. The number of halogens is 1. The van der Waals surface area contributed by atoms with E-state index in [1.807, 2.05) is 34.9 Å². The minimum Gasteiger partial charge on any atom is -0.381 e. The zero-order valence-corrected chi connectivity index (χ0v) is 16.2. The molecule has 1 aromatic carbocycles. The number of hydrogen-bond donors (Lipinski definition) is 0. The first-order chi connectivity index (χ1) is 13.2. The first-order valence-electron chi connectivity index (χ1n) is 10.0. The lowest BCUT2D eigenvalue weighted by Gasteiger charge is -2.46. The van der Waals surface area contributed by atoms with Crippen LogP contribution in [0.25, 0.3) is 11.1 Å². The molecular formula is C22H25ClN2O2. The third-order valence-corrected chi connectivity index (χ3v) is 6.75. The molecule has 5 rings (SSSR count). The van der Waals surface area contributed by atoms with Gasteiger partial charge in [0, 0.05) is 61.1 Å². The molecule has 2 fully saturated rings. The Bertz CT molecular complexity index is 886. The Hall–Kier alpha value is -1.62. The van der Waals surface area contributed by atoms with E-state index in [2.05, 4.69) is 11.0 Å². The van der Waals surface area contributed by atoms with Crippen molar-refractivity contribution >= 4 is 11.6 Å². The fourth-order valence-electron chi connectivity index (χ4n) is 5.18. The van der Waals surface area contributed by atoms with E-state index in [0.717, 1.165) is 56.8 Å². The van der Waals surface area contributed by atoms with Crippen molar-refractivity contribution in [3.05, 3.63) is 57.5 Å². The molecule has 4 heterocycles. The minimum absolute atomic E-state index is 0.143. The highest BCUT2D eigenvalue weighted by molar-refractivity contribution is 6.30. The number of pyridine rings is 1. The number of aromatic nitrogens is 1. The molecule has 0 spiro atoms. The summed E-state index contributed by atoms with van der Waals surface area (Å²) >= 11 is 6.00. The molecule has 27 heavy (non-hydrogen) atoms. The van der Waals surface area contributed by atoms with E-state index >= 15 is 0 Å². The van der Waals surface area contributed by atoms with Gasteiger partial charge in [0.25, 0.3) is 5.56 Å². The van der Waals surface area contributed by atoms with Gasteiger partial charge in [0.15, 0.2) is 0 Å². The van der Waals surface area contributed by atoms with Crippen molar-refractivity contribution in [3.8, 4) is 11.1 Å². The van der Waals surface area contributed by atoms with Gasteiger partial charge in [0.1, 0.15) is 0 Å². The first-order valence-corrected chi connectivity index (χ1v) is 10.4. The molecule has 2 bridgehead atoms. The quantitative estimate of drug-likeness (QED) is 0.790. The smallest absolute Gasteiger partial charge is 0.258 e. The van der Waals surface area contributed by atoms with Gasteiger partial charge in [-0.1, -0.05) is 23.7 Å². The average Bonchev–Trinajstić information content (AvgIpc) is 2.70. The summed E-state index contributed by atoms with van der Waals surface area (Å²) in [7, 11) is 0. The van der Waals surface area contributed by atoms with Crippen molar-refractivity contribution in [2.45, 2.75) is 37.8 Å². The highest BCUT2D eigenvalue weighted by Gasteiger charge is 2.37. The van der Waals surface area contributed by atoms with Crippen molar-refractivity contribution in [1.82, 2.24) is 9.47 Å². The second kappa shape index (κ2) is 7.08. The molecule has 2 atom stereocenters. The van der Waals surface area contributed by atoms with Crippen LogP contribution < -0.4 is 5.56 Å². The Balaban J connectivity index is 1.45. The number of piperidine rings is 1. The van der Waals surface area contributed by atoms with Crippen molar-refractivity contribution < 1.29 is 4.74 Å². The van der Waals surface area contributed by atoms with Crippen LogP contribution in [0.1, 0.15) is 30.9 Å². The summed E-state index contributed by atoms with van der Waals surface area (Å²) in [5, 5.41) is 0.694. The summed E-state index contributed by atoms with van der Waals surface area (Å²) in [6.07, 6.45) is 3.49. The maximum absolute atomic E-state index is 13.2. The largest absolute Gasteiger partial charge is 0.381 e. The van der Waals surface area contributed by atoms with Gasteiger partial charge in [-0.25, -0.2) is 0 Å². The Morgan fingerprint density at radius 1 is 0.963 bits per heavy atom. The van der Waals surface area contributed by atoms with Crippen LogP contribution in [0.5, 0.6) is 0 Å². The molecule has 0 unspecified atom stereocenters. The second-order valence-electron chi connectivity index (χ2n) is 8.19. The van der Waals surface area contributed by atoms with E-state index in [1.54, 1.807) is 0 Å². The van der Waals surface area contributed by atoms with Crippen molar-refractivity contribution in [2.24, 2.45) is 5.92 Å². The van der Waals surface area contributed by atoms with Crippen LogP contribution in [0.2, 0.25) is 5.02 Å². The molecule has 4 nitrogen and oxygen atoms in total. The Morgan fingerprint density at radius 3 is 2.52 bits per heavy atom. The maximum atomic E-state index is 13.2. The lowest BCUT2D eigenvalue weighted by molar-refractivity contribution is 0.00589. The summed E-state index contributed by atoms with van der Waals surface area (Å²) in [6, 6.07) is 12.4. The standard InChI is InChI=1S/C22H25ClN2O2/c23-18-3-1-16(2-4-18)20-5-6-21-17-11-15(13-25(21)22(20)26)12-24(14-17)19-7-9-27-10-8-19/h1-6,15,17,19H,7-14H2/t15-,17+/m0/s1. The van der Waals surface area contributed by atoms with Crippen molar-refractivity contribution in [1.29, 1.82) is 0 Å². The number of ether oxygens (including phenoxy) is 1. The van der Waals surface area contributed by atoms with Crippen LogP contribution in [0.4, 0.5) is 0 Å². The zero-order valence-electron chi connectivity index (χ0n) is 15.4. The monoisotopic (exact) mass is 384 g/mol. The number of hydrogen-bond acceptors (Lipinski definition) is 3. The van der Waals surface area contributed by atoms with Crippen LogP contribution in [-0.2, 0) is 11.3 Å². The molecule has 3 aliphatic heterocycles. The summed E-state index contributed by atoms with van der Waals surface area (Å²) < 4.78 is 7.58. The topological polar surface area (TPSA) is 34.5 Å². The second-order valence-corrected chi connectivity index (χ2v) is 8.63. The van der Waals surface area contributed by atoms with Crippen LogP contribution in [0, 0.1) is 5.92 Å². The predicted molar refractivity (Wildman–Crippen MR) is 107 cm³/mol. The summed E-state index contributed by atoms with van der Waals surface area (Å²) in [4.78, 5) is 15.9. The van der Waals surface area contributed by atoms with Gasteiger partial charge >= 0.3 is 0 Å². The van der Waals surface area contributed by atoms with E-state index in [-0.39, 0.29) is 5.56 Å². The van der Waals surface area contributed by atoms with Gasteiger partial charge in [0.05, 0.1) is 0 Å². The molecule has 2 aromatic rings. The van der Waals surface area contributed by atoms with E-state index in [4.69, 9.17) is 16.3 Å². The first kappa shape index (κ1) is 17.5. The van der Waals surface area contributed by atoms with Crippen molar-refractivity contribution in [3.63, 3.8) is 0 Å². The highest BCUT2D eigenvalue weighted by Crippen LogP contribution is 2.37. The van der Waals surface area contributed by atoms with Gasteiger partial charge in [-0.15, -0.1) is 0 Å². The molecule has 0 aliphatic carbocycles. The molecule has 1 aromatic heterocycles. The third kappa shape index (κ3) is 3.24. The number of likely N-dealkylation sites (tertiary alicyclic amines) is 1. The molecule has 5 heteroatoms. The Morgan fingerprint density at radius 2 is 1.74 bits per heavy atom. The lowest BCUT2D eigenvalue weighted by atomic mass is 9.81. The maximum Gasteiger partial charge on any atom is 0.258 e. The Labute approximate surface area is 164 Å². The van der Waals surface area contributed by atoms with E-state index in [0.29, 0.717) is 22.9 Å². The van der Waals surface area contributed by atoms with Gasteiger partial charge in [-0.3, -0.25) is 9.69 Å². The normalized spacial score (nSPS) is 26.0. The number of fused-ring (bicyclic) bond motifs is 4. The number of nitrogens with zero attached hydrogens (tertiary/aromatic N) is 2. The van der Waals surface area contributed by atoms with Crippen LogP contribution in [0.3, 0.4) is 0 Å². The summed E-state index contributed by atoms with van der Waals surface area (Å²) in [5.41, 5.74) is 3.07. The summed E-state index contributed by atoms with van der Waals surface area (Å²) in [6.45, 7) is 4.79. The lowest BCUT2D eigenvalue weighted by Crippen LogP contribution is -2.51. The molecule has 0 N–H and O–H groups in total. The average molecular weight is 385 g/mol.